The monoisotopic (exact) mass is 838 g/mol. The minimum atomic E-state index is -10.9. The summed E-state index contributed by atoms with van der Waals surface area (Å²) in [6, 6.07) is 2.25. The SMILES string of the molecule is CC(C)(C)c1ccc(I(c2ccc(C(C)(C)C)cc2)(S(=O)(=O)C(F)(F)F)(S(=O)(=O)C(F)(F)F)S(=O)(=O)C(F)(F)F)cc1.O=CO. The van der Waals surface area contributed by atoms with Gasteiger partial charge in [0.05, 0.1) is 0 Å². The number of halogens is 10. The average Bonchev–Trinajstić information content (AvgIpc) is 2.82. The van der Waals surface area contributed by atoms with Crippen LogP contribution >= 0.6 is 12.9 Å². The third-order valence-corrected chi connectivity index (χ3v) is 66.4. The van der Waals surface area contributed by atoms with Gasteiger partial charge in [-0.1, -0.05) is 0 Å². The van der Waals surface area contributed by atoms with Crippen molar-refractivity contribution in [3.8, 4) is 0 Å². The van der Waals surface area contributed by atoms with Gasteiger partial charge in [0.15, 0.2) is 0 Å². The van der Waals surface area contributed by atoms with Gasteiger partial charge in [0.25, 0.3) is 6.47 Å². The fourth-order valence-electron chi connectivity index (χ4n) is 3.97. The molecule has 0 amide bonds. The summed E-state index contributed by atoms with van der Waals surface area (Å²) in [5, 5.41) is 6.89. The van der Waals surface area contributed by atoms with Crippen LogP contribution in [0.4, 0.5) is 39.5 Å². The van der Waals surface area contributed by atoms with E-state index in [1.54, 1.807) is 0 Å². The normalized spacial score (nSPS) is 15.3. The zero-order valence-electron chi connectivity index (χ0n) is 24.0. The second kappa shape index (κ2) is 11.8. The summed E-state index contributed by atoms with van der Waals surface area (Å²) in [7, 11) is -25.4. The molecule has 0 aliphatic rings. The van der Waals surface area contributed by atoms with Gasteiger partial charge >= 0.3 is 234 Å². The minimum absolute atomic E-state index is 0.0151. The van der Waals surface area contributed by atoms with Crippen LogP contribution in [-0.4, -0.2) is 53.4 Å². The van der Waals surface area contributed by atoms with Crippen LogP contribution in [0.5, 0.6) is 0 Å². The van der Waals surface area contributed by atoms with E-state index in [4.69, 9.17) is 9.90 Å². The smallest absolute Gasteiger partial charge is 0.290 e. The maximum Gasteiger partial charge on any atom is 0.290 e. The Morgan fingerprint density at radius 1 is 0.511 bits per heavy atom. The summed E-state index contributed by atoms with van der Waals surface area (Å²) in [4.78, 5) is 8.36. The molecule has 0 fully saturated rings. The molecular formula is C24H28F9IO8S3. The van der Waals surface area contributed by atoms with E-state index in [0.29, 0.717) is 24.3 Å². The topological polar surface area (TPSA) is 140 Å². The van der Waals surface area contributed by atoms with E-state index in [1.165, 1.54) is 41.5 Å². The van der Waals surface area contributed by atoms with E-state index < -0.39 is 68.4 Å². The summed E-state index contributed by atoms with van der Waals surface area (Å²) >= 11 is -10.9. The maximum atomic E-state index is 14.5. The van der Waals surface area contributed by atoms with Crippen molar-refractivity contribution in [3.05, 3.63) is 66.8 Å². The van der Waals surface area contributed by atoms with E-state index in [0.717, 1.165) is 0 Å². The van der Waals surface area contributed by atoms with Crippen molar-refractivity contribution in [1.29, 1.82) is 0 Å². The molecule has 45 heavy (non-hydrogen) atoms. The van der Waals surface area contributed by atoms with Gasteiger partial charge in [0.1, 0.15) is 0 Å². The number of benzene rings is 2. The van der Waals surface area contributed by atoms with Gasteiger partial charge in [0, 0.05) is 0 Å². The van der Waals surface area contributed by atoms with Crippen molar-refractivity contribution in [2.45, 2.75) is 68.9 Å². The Bertz CT molecular complexity index is 1560. The van der Waals surface area contributed by atoms with Gasteiger partial charge in [-0.15, -0.1) is 0 Å². The molecule has 0 unspecified atom stereocenters. The van der Waals surface area contributed by atoms with E-state index in [1.807, 2.05) is 0 Å². The fraction of sp³-hybridized carbons (Fsp3) is 0.458. The van der Waals surface area contributed by atoms with Crippen LogP contribution in [0.15, 0.2) is 48.5 Å². The molecule has 2 rings (SSSR count). The van der Waals surface area contributed by atoms with Gasteiger partial charge in [-0.2, -0.15) is 0 Å². The number of carboxylic acid groups (broad SMARTS) is 1. The molecule has 21 heteroatoms. The van der Waals surface area contributed by atoms with Crippen LogP contribution in [-0.2, 0) is 36.7 Å². The first-order valence-corrected chi connectivity index (χ1v) is 26.0. The molecule has 8 nitrogen and oxygen atoms in total. The molecule has 0 aliphatic carbocycles. The first-order chi connectivity index (χ1) is 19.7. The van der Waals surface area contributed by atoms with Crippen LogP contribution in [0.2, 0.25) is 0 Å². The fourth-order valence-corrected chi connectivity index (χ4v) is 62.7. The summed E-state index contributed by atoms with van der Waals surface area (Å²) in [6.45, 7) is 8.43. The third-order valence-electron chi connectivity index (χ3n) is 6.11. The van der Waals surface area contributed by atoms with Gasteiger partial charge in [0.2, 0.25) is 0 Å². The number of alkyl halides is 9. The molecule has 0 bridgehead atoms. The Labute approximate surface area is 249 Å². The molecule has 1 N–H and O–H groups in total. The minimum Gasteiger partial charge on any atom is -0.483 e. The van der Waals surface area contributed by atoms with Gasteiger partial charge in [-0.3, -0.25) is 4.79 Å². The van der Waals surface area contributed by atoms with Crippen molar-refractivity contribution in [2.75, 3.05) is 0 Å². The van der Waals surface area contributed by atoms with E-state index in [9.17, 15) is 64.8 Å². The average molecular weight is 839 g/mol. The van der Waals surface area contributed by atoms with Crippen LogP contribution in [0.1, 0.15) is 52.7 Å². The van der Waals surface area contributed by atoms with E-state index in [2.05, 4.69) is 0 Å². The van der Waals surface area contributed by atoms with Crippen LogP contribution in [0.25, 0.3) is 0 Å². The zero-order valence-corrected chi connectivity index (χ0v) is 28.6. The summed E-state index contributed by atoms with van der Waals surface area (Å²) < 4.78 is 207. The van der Waals surface area contributed by atoms with Crippen LogP contribution < -0.4 is 0 Å². The quantitative estimate of drug-likeness (QED) is 0.145. The van der Waals surface area contributed by atoms with Crippen LogP contribution in [0.3, 0.4) is 0 Å². The first-order valence-electron chi connectivity index (χ1n) is 11.8. The molecular weight excluding hydrogens is 810 g/mol. The maximum absolute atomic E-state index is 14.5. The molecule has 260 valence electrons. The predicted molar refractivity (Wildman–Crippen MR) is 155 cm³/mol. The number of hydrogen-bond acceptors (Lipinski definition) is 7. The number of rotatable bonds is 5. The standard InChI is InChI=1S/C23H26F9IO6S3.CH2O2/c1-19(2,3)15-7-11-17(12-8-15)33(40(34,35)21(24,25)26,41(36,37)22(27,28)29,42(38,39)23(30,31)32)18-13-9-16(10-14-18)20(4,5)6;2-1-3/h7-14H,1-6H3;1H,(H,2,3). The largest absolute Gasteiger partial charge is 0.483 e. The second-order valence-electron chi connectivity index (χ2n) is 11.0. The molecule has 2 aromatic rings. The van der Waals surface area contributed by atoms with E-state index in [-0.39, 0.29) is 41.9 Å². The molecule has 0 aliphatic heterocycles. The Hall–Kier alpha value is -2.14. The molecule has 0 saturated heterocycles. The molecule has 2 aromatic carbocycles. The van der Waals surface area contributed by atoms with Crippen molar-refractivity contribution in [1.82, 2.24) is 0 Å². The van der Waals surface area contributed by atoms with Gasteiger partial charge in [-0.05, 0) is 0 Å². The Morgan fingerprint density at radius 2 is 0.689 bits per heavy atom. The van der Waals surface area contributed by atoms with Crippen LogP contribution in [0, 0.1) is 7.14 Å². The van der Waals surface area contributed by atoms with Crippen molar-refractivity contribution >= 4 is 40.4 Å². The van der Waals surface area contributed by atoms with Gasteiger partial charge < -0.3 is 5.11 Å². The van der Waals surface area contributed by atoms with Crippen molar-refractivity contribution < 1.29 is 74.7 Å². The summed E-state index contributed by atoms with van der Waals surface area (Å²) in [6.07, 6.45) is 0. The summed E-state index contributed by atoms with van der Waals surface area (Å²) in [5.74, 6) is 0. The molecule has 0 heterocycles. The molecule has 0 saturated carbocycles. The van der Waals surface area contributed by atoms with Crippen molar-refractivity contribution in [2.24, 2.45) is 0 Å². The Morgan fingerprint density at radius 3 is 0.822 bits per heavy atom. The Balaban J connectivity index is 0.00000324. The number of hydrogen-bond donors (Lipinski definition) is 1. The molecule has 0 atom stereocenters. The molecule has 0 radical (unpaired) electrons. The van der Waals surface area contributed by atoms with E-state index >= 15 is 0 Å². The predicted octanol–water partition coefficient (Wildman–Crippen LogP) is 7.15. The third kappa shape index (κ3) is 5.61. The number of carbonyl (C=O) groups is 1. The Kier molecular flexibility index (Phi) is 10.7. The molecule has 0 spiro atoms. The second-order valence-corrected chi connectivity index (χ2v) is 48.6. The zero-order chi connectivity index (χ0) is 36.1. The molecule has 0 aromatic heterocycles. The van der Waals surface area contributed by atoms with Gasteiger partial charge in [-0.25, -0.2) is 0 Å². The van der Waals surface area contributed by atoms with Crippen molar-refractivity contribution in [3.63, 3.8) is 0 Å². The summed E-state index contributed by atoms with van der Waals surface area (Å²) in [5.41, 5.74) is -23.8. The first kappa shape index (κ1) is 40.9.